The Morgan fingerprint density at radius 2 is 2.05 bits per heavy atom. The van der Waals surface area contributed by atoms with Crippen LogP contribution >= 0.6 is 0 Å². The van der Waals surface area contributed by atoms with Crippen molar-refractivity contribution in [2.75, 3.05) is 20.2 Å². The topological polar surface area (TPSA) is 139 Å². The largest absolute Gasteiger partial charge is 0.497 e. The highest BCUT2D eigenvalue weighted by Crippen LogP contribution is 2.33. The van der Waals surface area contributed by atoms with Gasteiger partial charge < -0.3 is 19.4 Å². The van der Waals surface area contributed by atoms with Gasteiger partial charge in [-0.1, -0.05) is 19.4 Å². The summed E-state index contributed by atoms with van der Waals surface area (Å²) in [7, 11) is -2.29. The van der Waals surface area contributed by atoms with Gasteiger partial charge in [-0.2, -0.15) is 4.31 Å². The Labute approximate surface area is 226 Å². The third kappa shape index (κ3) is 5.26. The molecule has 0 bridgehead atoms. The van der Waals surface area contributed by atoms with Crippen LogP contribution in [0.5, 0.6) is 5.75 Å². The van der Waals surface area contributed by atoms with Gasteiger partial charge in [-0.25, -0.2) is 8.42 Å². The summed E-state index contributed by atoms with van der Waals surface area (Å²) in [5.74, 6) is -0.942. The molecule has 3 aromatic rings. The zero-order valence-electron chi connectivity index (χ0n) is 21.7. The van der Waals surface area contributed by atoms with Crippen molar-refractivity contribution in [3.63, 3.8) is 0 Å². The number of ether oxygens (including phenoxy) is 1. The molecule has 2 amide bonds. The first-order valence-corrected chi connectivity index (χ1v) is 14.4. The second kappa shape index (κ2) is 10.8. The highest BCUT2D eigenvalue weighted by atomic mass is 32.2. The Kier molecular flexibility index (Phi) is 7.41. The molecule has 2 aromatic heterocycles. The Bertz CT molecular complexity index is 1500. The van der Waals surface area contributed by atoms with Crippen molar-refractivity contribution in [2.45, 2.75) is 50.1 Å². The number of benzene rings is 1. The van der Waals surface area contributed by atoms with Crippen molar-refractivity contribution in [1.82, 2.24) is 19.5 Å². The maximum atomic E-state index is 13.6. The minimum atomic E-state index is -3.83. The highest BCUT2D eigenvalue weighted by Gasteiger charge is 2.54. The summed E-state index contributed by atoms with van der Waals surface area (Å²) in [4.78, 5) is 45.2. The number of rotatable bonds is 9. The van der Waals surface area contributed by atoms with Crippen molar-refractivity contribution in [2.24, 2.45) is 0 Å². The van der Waals surface area contributed by atoms with Crippen molar-refractivity contribution in [3.05, 3.63) is 60.1 Å². The Morgan fingerprint density at radius 3 is 2.77 bits per heavy atom. The van der Waals surface area contributed by atoms with Gasteiger partial charge in [0, 0.05) is 18.1 Å². The number of furan rings is 1. The highest BCUT2D eigenvalue weighted by molar-refractivity contribution is 7.88. The molecule has 1 N–H and O–H groups in total. The number of hydrogen-bond acceptors (Lipinski definition) is 8. The minimum absolute atomic E-state index is 0.0511. The number of pyridine rings is 1. The van der Waals surface area contributed by atoms with E-state index in [0.29, 0.717) is 41.7 Å². The van der Waals surface area contributed by atoms with E-state index >= 15 is 0 Å². The van der Waals surface area contributed by atoms with Crippen LogP contribution in [0.15, 0.2) is 53.1 Å². The number of amides is 2. The molecule has 11 nitrogen and oxygen atoms in total. The van der Waals surface area contributed by atoms with Crippen molar-refractivity contribution >= 4 is 38.6 Å². The first-order valence-electron chi connectivity index (χ1n) is 12.8. The number of carbonyl (C=O) groups is 3. The van der Waals surface area contributed by atoms with E-state index in [1.54, 1.807) is 49.6 Å². The lowest BCUT2D eigenvalue weighted by molar-refractivity contribution is -0.138. The monoisotopic (exact) mass is 554 g/mol. The number of sulfonamides is 1. The van der Waals surface area contributed by atoms with Gasteiger partial charge in [-0.3, -0.25) is 19.4 Å². The van der Waals surface area contributed by atoms with E-state index in [-0.39, 0.29) is 30.4 Å². The summed E-state index contributed by atoms with van der Waals surface area (Å²) in [6, 6.07) is 9.35. The normalized spacial score (nSPS) is 20.3. The lowest BCUT2D eigenvalue weighted by atomic mass is 10.1. The van der Waals surface area contributed by atoms with Crippen LogP contribution in [-0.4, -0.2) is 78.5 Å². The van der Waals surface area contributed by atoms with E-state index in [4.69, 9.17) is 9.15 Å². The van der Waals surface area contributed by atoms with E-state index in [9.17, 15) is 22.8 Å². The molecule has 0 radical (unpaired) electrons. The predicted octanol–water partition coefficient (Wildman–Crippen LogP) is 2.12. The fourth-order valence-corrected chi connectivity index (χ4v) is 7.04. The molecule has 5 rings (SSSR count). The van der Waals surface area contributed by atoms with Gasteiger partial charge in [0.15, 0.2) is 11.5 Å². The molecular formula is C27H30N4O7S. The van der Waals surface area contributed by atoms with Gasteiger partial charge >= 0.3 is 0 Å². The number of carbonyl (C=O) groups excluding carboxylic acids is 3. The van der Waals surface area contributed by atoms with Crippen LogP contribution in [0, 0.1) is 0 Å². The van der Waals surface area contributed by atoms with E-state index in [0.717, 1.165) is 0 Å². The van der Waals surface area contributed by atoms with E-state index in [2.05, 4.69) is 10.3 Å². The van der Waals surface area contributed by atoms with E-state index in [1.165, 1.54) is 15.4 Å². The first kappa shape index (κ1) is 26.8. The second-order valence-electron chi connectivity index (χ2n) is 9.75. The number of methoxy groups -OCH3 is 1. The smallest absolute Gasteiger partial charge is 0.287 e. The van der Waals surface area contributed by atoms with Crippen LogP contribution in [0.1, 0.15) is 42.4 Å². The number of nitrogens with zero attached hydrogens (tertiary/aromatic N) is 3. The van der Waals surface area contributed by atoms with Gasteiger partial charge in [-0.15, -0.1) is 0 Å². The first-order chi connectivity index (χ1) is 18.7. The molecule has 0 saturated carbocycles. The third-order valence-corrected chi connectivity index (χ3v) is 8.98. The molecule has 4 heterocycles. The Balaban J connectivity index is 1.31. The van der Waals surface area contributed by atoms with Crippen LogP contribution in [0.3, 0.4) is 0 Å². The van der Waals surface area contributed by atoms with Gasteiger partial charge in [0.1, 0.15) is 29.2 Å². The number of nitrogens with one attached hydrogen (secondary N) is 1. The fourth-order valence-electron chi connectivity index (χ4n) is 5.37. The number of Topliss-reactive ketones (excluding diaryl/α,β-unsaturated/α-hetero) is 1. The standard InChI is InChI=1S/C27H30N4O7S/c1-3-6-20(29-26(33)24-14-17-13-19(37-2)8-9-23(17)38-24)27(34)30-12-10-21-25(30)22(32)15-31(21)39(35,36)16-18-7-4-5-11-28-18/h4-5,7-9,11,13-14,20-21,25H,3,6,10,12,15-16H2,1-2H3,(H,29,33). The molecule has 2 aliphatic heterocycles. The van der Waals surface area contributed by atoms with Gasteiger partial charge in [0.25, 0.3) is 5.91 Å². The summed E-state index contributed by atoms with van der Waals surface area (Å²) in [6.45, 7) is 1.82. The summed E-state index contributed by atoms with van der Waals surface area (Å²) in [6.07, 6.45) is 2.81. The number of aromatic nitrogens is 1. The Morgan fingerprint density at radius 1 is 1.23 bits per heavy atom. The van der Waals surface area contributed by atoms with E-state index in [1.807, 2.05) is 6.92 Å². The van der Waals surface area contributed by atoms with Crippen molar-refractivity contribution in [3.8, 4) is 5.75 Å². The molecule has 0 aliphatic carbocycles. The number of ketones is 1. The molecule has 2 aliphatic rings. The van der Waals surface area contributed by atoms with Crippen LogP contribution < -0.4 is 10.1 Å². The maximum absolute atomic E-state index is 13.6. The molecule has 39 heavy (non-hydrogen) atoms. The zero-order valence-corrected chi connectivity index (χ0v) is 22.5. The number of fused-ring (bicyclic) bond motifs is 2. The van der Waals surface area contributed by atoms with Gasteiger partial charge in [0.05, 0.1) is 25.4 Å². The number of hydrogen-bond donors (Lipinski definition) is 1. The summed E-state index contributed by atoms with van der Waals surface area (Å²) < 4.78 is 38.4. The molecule has 2 fully saturated rings. The third-order valence-electron chi connectivity index (χ3n) is 7.20. The van der Waals surface area contributed by atoms with Gasteiger partial charge in [0.2, 0.25) is 15.9 Å². The molecule has 3 atom stereocenters. The molecular weight excluding hydrogens is 524 g/mol. The molecule has 0 spiro atoms. The van der Waals surface area contributed by atoms with Gasteiger partial charge in [-0.05, 0) is 49.2 Å². The Hall–Kier alpha value is -3.77. The van der Waals surface area contributed by atoms with Crippen molar-refractivity contribution < 1.29 is 32.0 Å². The lowest BCUT2D eigenvalue weighted by Crippen LogP contribution is -2.52. The summed E-state index contributed by atoms with van der Waals surface area (Å²) in [5, 5.41) is 3.45. The van der Waals surface area contributed by atoms with Crippen LogP contribution in [0.25, 0.3) is 11.0 Å². The lowest BCUT2D eigenvalue weighted by Gasteiger charge is -2.28. The van der Waals surface area contributed by atoms with E-state index < -0.39 is 40.0 Å². The average Bonchev–Trinajstić information content (AvgIpc) is 3.63. The van der Waals surface area contributed by atoms with Crippen LogP contribution in [0.2, 0.25) is 0 Å². The quantitative estimate of drug-likeness (QED) is 0.424. The summed E-state index contributed by atoms with van der Waals surface area (Å²) in [5.41, 5.74) is 0.888. The minimum Gasteiger partial charge on any atom is -0.497 e. The number of likely N-dealkylation sites (tertiary alicyclic amines) is 1. The maximum Gasteiger partial charge on any atom is 0.287 e. The summed E-state index contributed by atoms with van der Waals surface area (Å²) >= 11 is 0. The van der Waals surface area contributed by atoms with Crippen LogP contribution in [-0.2, 0) is 25.4 Å². The van der Waals surface area contributed by atoms with Crippen molar-refractivity contribution in [1.29, 1.82) is 0 Å². The molecule has 2 saturated heterocycles. The van der Waals surface area contributed by atoms with Crippen LogP contribution in [0.4, 0.5) is 0 Å². The zero-order chi connectivity index (χ0) is 27.7. The molecule has 12 heteroatoms. The SMILES string of the molecule is CCCC(NC(=O)c1cc2cc(OC)ccc2o1)C(=O)N1CCC2C1C(=O)CN2S(=O)(=O)Cc1ccccn1. The average molecular weight is 555 g/mol. The fraction of sp³-hybridized carbons (Fsp3) is 0.407. The molecule has 1 aromatic carbocycles. The molecule has 3 unspecified atom stereocenters. The molecule has 206 valence electrons. The second-order valence-corrected chi connectivity index (χ2v) is 11.7. The predicted molar refractivity (Wildman–Crippen MR) is 141 cm³/mol.